The van der Waals surface area contributed by atoms with Gasteiger partial charge >= 0.3 is 5.71 Å². The Morgan fingerprint density at radius 1 is 1.15 bits per heavy atom. The van der Waals surface area contributed by atoms with E-state index in [9.17, 15) is 15.6 Å². The molecule has 0 bridgehead atoms. The number of nitro benzene ring substituents is 1. The zero-order chi connectivity index (χ0) is 19.4. The van der Waals surface area contributed by atoms with E-state index < -0.39 is 11.0 Å². The summed E-state index contributed by atoms with van der Waals surface area (Å²) in [7, 11) is 0. The van der Waals surface area contributed by atoms with Crippen LogP contribution in [0.3, 0.4) is 0 Å². The van der Waals surface area contributed by atoms with E-state index in [1.54, 1.807) is 12.2 Å². The highest BCUT2D eigenvalue weighted by Crippen LogP contribution is 2.30. The maximum atomic E-state index is 10.8. The molecule has 8 nitrogen and oxygen atoms in total. The Morgan fingerprint density at radius 3 is 2.52 bits per heavy atom. The Morgan fingerprint density at radius 2 is 1.89 bits per heavy atom. The van der Waals surface area contributed by atoms with Crippen molar-refractivity contribution in [3.8, 4) is 0 Å². The third kappa shape index (κ3) is 3.88. The molecule has 0 heterocycles. The normalized spacial score (nSPS) is 16.7. The van der Waals surface area contributed by atoms with E-state index in [0.717, 1.165) is 5.56 Å². The number of azo groups is 1. The van der Waals surface area contributed by atoms with Crippen LogP contribution in [0.15, 0.2) is 76.6 Å². The quantitative estimate of drug-likeness (QED) is 0.367. The Kier molecular flexibility index (Phi) is 5.33. The van der Waals surface area contributed by atoms with Gasteiger partial charge in [-0.05, 0) is 23.8 Å². The minimum absolute atomic E-state index is 0.0921. The number of halogens is 1. The SMILES string of the molecule is [N-]=[N+]=C1C(c2ccccc2)=CC=C(N=Nc2ccc([N+](=O)[O-])cc2Cl)C1N. The van der Waals surface area contributed by atoms with Crippen LogP contribution in [0.5, 0.6) is 0 Å². The van der Waals surface area contributed by atoms with Gasteiger partial charge in [0.1, 0.15) is 5.69 Å². The molecule has 0 saturated carbocycles. The lowest BCUT2D eigenvalue weighted by atomic mass is 9.91. The molecule has 0 spiro atoms. The van der Waals surface area contributed by atoms with Crippen LogP contribution < -0.4 is 5.73 Å². The molecule has 0 aliphatic heterocycles. The molecule has 0 radical (unpaired) electrons. The summed E-state index contributed by atoms with van der Waals surface area (Å²) in [6.45, 7) is 0. The molecule has 1 aliphatic carbocycles. The van der Waals surface area contributed by atoms with Crippen LogP contribution in [0.2, 0.25) is 5.02 Å². The Bertz CT molecular complexity index is 1040. The Labute approximate surface area is 159 Å². The fraction of sp³-hybridized carbons (Fsp3) is 0.0556. The largest absolute Gasteiger partial charge is 0.361 e. The lowest BCUT2D eigenvalue weighted by Gasteiger charge is -2.14. The molecular formula is C18H13ClN6O2. The van der Waals surface area contributed by atoms with Gasteiger partial charge in [0, 0.05) is 12.1 Å². The molecule has 0 saturated heterocycles. The number of nitrogens with two attached hydrogens (primary N) is 1. The monoisotopic (exact) mass is 380 g/mol. The summed E-state index contributed by atoms with van der Waals surface area (Å²) >= 11 is 6.00. The zero-order valence-corrected chi connectivity index (χ0v) is 14.6. The summed E-state index contributed by atoms with van der Waals surface area (Å²) in [5.74, 6) is 0. The highest BCUT2D eigenvalue weighted by Gasteiger charge is 2.31. The van der Waals surface area contributed by atoms with Crippen LogP contribution in [0, 0.1) is 10.1 Å². The number of benzene rings is 2. The van der Waals surface area contributed by atoms with Crippen molar-refractivity contribution >= 4 is 34.3 Å². The number of rotatable bonds is 4. The van der Waals surface area contributed by atoms with Crippen LogP contribution in [-0.4, -0.2) is 21.5 Å². The van der Waals surface area contributed by atoms with Gasteiger partial charge in [0.05, 0.1) is 21.2 Å². The van der Waals surface area contributed by atoms with Gasteiger partial charge in [-0.1, -0.05) is 41.9 Å². The third-order valence-electron chi connectivity index (χ3n) is 3.92. The molecule has 2 N–H and O–H groups in total. The summed E-state index contributed by atoms with van der Waals surface area (Å²) < 4.78 is 0. The molecule has 1 unspecified atom stereocenters. The first-order chi connectivity index (χ1) is 13.0. The number of hydrogen-bond acceptors (Lipinski definition) is 5. The van der Waals surface area contributed by atoms with E-state index in [0.29, 0.717) is 11.3 Å². The number of nitrogens with zero attached hydrogens (tertiary/aromatic N) is 5. The van der Waals surface area contributed by atoms with Crippen molar-refractivity contribution in [2.24, 2.45) is 16.0 Å². The molecule has 0 amide bonds. The summed E-state index contributed by atoms with van der Waals surface area (Å²) in [6, 6.07) is 12.4. The van der Waals surface area contributed by atoms with Gasteiger partial charge in [0.25, 0.3) is 5.69 Å². The number of hydrogen-bond donors (Lipinski definition) is 1. The average molecular weight is 381 g/mol. The number of allylic oxidation sites excluding steroid dienone is 2. The van der Waals surface area contributed by atoms with Crippen molar-refractivity contribution in [1.82, 2.24) is 0 Å². The first kappa shape index (κ1) is 18.3. The zero-order valence-electron chi connectivity index (χ0n) is 13.9. The van der Waals surface area contributed by atoms with Crippen molar-refractivity contribution in [2.45, 2.75) is 6.04 Å². The van der Waals surface area contributed by atoms with Gasteiger partial charge in [-0.3, -0.25) is 10.1 Å². The van der Waals surface area contributed by atoms with Gasteiger partial charge in [0.15, 0.2) is 6.04 Å². The highest BCUT2D eigenvalue weighted by molar-refractivity contribution is 6.33. The Balaban J connectivity index is 1.92. The van der Waals surface area contributed by atoms with E-state index in [2.05, 4.69) is 15.0 Å². The van der Waals surface area contributed by atoms with E-state index in [1.165, 1.54) is 18.2 Å². The smallest absolute Gasteiger partial charge is 0.322 e. The molecule has 27 heavy (non-hydrogen) atoms. The molecule has 1 atom stereocenters. The predicted molar refractivity (Wildman–Crippen MR) is 102 cm³/mol. The van der Waals surface area contributed by atoms with E-state index in [-0.39, 0.29) is 22.1 Å². The van der Waals surface area contributed by atoms with Gasteiger partial charge in [-0.25, -0.2) is 0 Å². The standard InChI is InChI=1S/C18H13ClN6O2/c19-14-10-12(25(26)27)6-8-15(14)23-24-16-9-7-13(18(22-21)17(16)20)11-4-2-1-3-5-11/h1-10,17H,20H2. The molecule has 3 rings (SSSR count). The van der Waals surface area contributed by atoms with Gasteiger partial charge in [0.2, 0.25) is 0 Å². The molecule has 1 aliphatic rings. The first-order valence-electron chi connectivity index (χ1n) is 7.82. The van der Waals surface area contributed by atoms with Crippen molar-refractivity contribution < 1.29 is 9.71 Å². The molecule has 9 heteroatoms. The van der Waals surface area contributed by atoms with Crippen LogP contribution in [0.25, 0.3) is 11.1 Å². The van der Waals surface area contributed by atoms with Gasteiger partial charge < -0.3 is 11.3 Å². The van der Waals surface area contributed by atoms with Crippen LogP contribution in [0.4, 0.5) is 11.4 Å². The van der Waals surface area contributed by atoms with Crippen LogP contribution in [0.1, 0.15) is 5.56 Å². The summed E-state index contributed by atoms with van der Waals surface area (Å²) in [4.78, 5) is 13.5. The van der Waals surface area contributed by atoms with E-state index >= 15 is 0 Å². The first-order valence-corrected chi connectivity index (χ1v) is 8.20. The maximum Gasteiger partial charge on any atom is 0.322 e. The van der Waals surface area contributed by atoms with Crippen molar-refractivity contribution in [3.63, 3.8) is 0 Å². The molecule has 2 aromatic carbocycles. The van der Waals surface area contributed by atoms with Crippen molar-refractivity contribution in [1.29, 1.82) is 0 Å². The van der Waals surface area contributed by atoms with Crippen molar-refractivity contribution in [3.05, 3.63) is 92.6 Å². The Hall–Kier alpha value is -3.45. The molecular weight excluding hydrogens is 368 g/mol. The second-order valence-corrected chi connectivity index (χ2v) is 6.00. The minimum Gasteiger partial charge on any atom is -0.361 e. The second-order valence-electron chi connectivity index (χ2n) is 5.59. The second kappa shape index (κ2) is 7.84. The molecule has 0 aromatic heterocycles. The minimum atomic E-state index is -0.796. The van der Waals surface area contributed by atoms with Crippen LogP contribution in [-0.2, 0) is 0 Å². The summed E-state index contributed by atoms with van der Waals surface area (Å²) in [5.41, 5.74) is 17.8. The van der Waals surface area contributed by atoms with Crippen LogP contribution >= 0.6 is 11.6 Å². The average Bonchev–Trinajstić information content (AvgIpc) is 2.68. The maximum absolute atomic E-state index is 10.8. The topological polar surface area (TPSA) is 130 Å². The summed E-state index contributed by atoms with van der Waals surface area (Å²) in [5, 5.41) is 18.9. The summed E-state index contributed by atoms with van der Waals surface area (Å²) in [6.07, 6.45) is 3.41. The lowest BCUT2D eigenvalue weighted by molar-refractivity contribution is -0.384. The van der Waals surface area contributed by atoms with Gasteiger partial charge in [-0.15, -0.1) is 5.11 Å². The van der Waals surface area contributed by atoms with Crippen molar-refractivity contribution in [2.75, 3.05) is 0 Å². The van der Waals surface area contributed by atoms with E-state index in [1.807, 2.05) is 30.3 Å². The molecule has 2 aromatic rings. The van der Waals surface area contributed by atoms with E-state index in [4.69, 9.17) is 17.3 Å². The van der Waals surface area contributed by atoms with Gasteiger partial charge in [-0.2, -0.15) is 9.90 Å². The fourth-order valence-corrected chi connectivity index (χ4v) is 2.75. The predicted octanol–water partition coefficient (Wildman–Crippen LogP) is 4.31. The number of nitro groups is 1. The highest BCUT2D eigenvalue weighted by atomic mass is 35.5. The molecule has 0 fully saturated rings. The third-order valence-corrected chi connectivity index (χ3v) is 4.22. The fourth-order valence-electron chi connectivity index (χ4n) is 2.54. The molecule has 134 valence electrons. The number of non-ortho nitro benzene ring substituents is 1. The lowest BCUT2D eigenvalue weighted by Crippen LogP contribution is -2.35.